The third-order valence-electron chi connectivity index (χ3n) is 7.68. The molecule has 0 unspecified atom stereocenters. The van der Waals surface area contributed by atoms with Crippen molar-refractivity contribution >= 4 is 32.3 Å². The minimum Gasteiger partial charge on any atom is -0.455 e. The Morgan fingerprint density at radius 2 is 1.40 bits per heavy atom. The van der Waals surface area contributed by atoms with E-state index in [0.717, 1.165) is 11.5 Å². The summed E-state index contributed by atoms with van der Waals surface area (Å²) in [4.78, 5) is 0. The number of aromatic nitrogens is 1. The van der Waals surface area contributed by atoms with Crippen molar-refractivity contribution in [2.75, 3.05) is 0 Å². The number of pyridine rings is 1. The van der Waals surface area contributed by atoms with Crippen molar-refractivity contribution in [2.45, 2.75) is 59.3 Å². The average Bonchev–Trinajstić information content (AvgIpc) is 2.78. The second-order valence-corrected chi connectivity index (χ2v) is 12.2. The summed E-state index contributed by atoms with van der Waals surface area (Å²) in [6, 6.07) is 20.1. The van der Waals surface area contributed by atoms with Crippen LogP contribution in [0.2, 0.25) is 0 Å². The van der Waals surface area contributed by atoms with Gasteiger partial charge >= 0.3 is 0 Å². The van der Waals surface area contributed by atoms with Gasteiger partial charge in [0.2, 0.25) is 5.69 Å². The van der Waals surface area contributed by atoms with Crippen molar-refractivity contribution in [3.63, 3.8) is 0 Å². The van der Waals surface area contributed by atoms with Gasteiger partial charge < -0.3 is 4.74 Å². The van der Waals surface area contributed by atoms with Crippen LogP contribution in [-0.4, -0.2) is 0 Å². The van der Waals surface area contributed by atoms with Crippen molar-refractivity contribution in [2.24, 2.45) is 7.05 Å². The lowest BCUT2D eigenvalue weighted by Gasteiger charge is -2.31. The molecule has 4 aromatic carbocycles. The van der Waals surface area contributed by atoms with Crippen LogP contribution in [0.4, 0.5) is 0 Å². The van der Waals surface area contributed by atoms with E-state index in [1.165, 1.54) is 60.3 Å². The molecule has 0 saturated carbocycles. The Balaban J connectivity index is 1.85. The molecule has 35 heavy (non-hydrogen) atoms. The summed E-state index contributed by atoms with van der Waals surface area (Å²) in [5.74, 6) is 1.97. The normalized spacial score (nSPS) is 13.4. The molecule has 6 rings (SSSR count). The standard InChI is InChI=1S/C33H34NO/c1-19-20-12-9-10-13-23(20)29(33(5,6)7)31-27(19)30-28-22(16-17-34(30)8)21-14-11-15-25(32(2,3)4)24(21)18-26(28)35-31/h9-18H,1-8H3/q+1. The van der Waals surface area contributed by atoms with E-state index in [1.807, 2.05) is 0 Å². The van der Waals surface area contributed by atoms with E-state index in [2.05, 4.69) is 121 Å². The lowest BCUT2D eigenvalue weighted by molar-refractivity contribution is -0.659. The van der Waals surface area contributed by atoms with Gasteiger partial charge in [-0.3, -0.25) is 0 Å². The van der Waals surface area contributed by atoms with Crippen LogP contribution in [0.5, 0.6) is 11.5 Å². The fraction of sp³-hybridized carbons (Fsp3) is 0.303. The summed E-state index contributed by atoms with van der Waals surface area (Å²) in [5.41, 5.74) is 6.34. The molecule has 0 atom stereocenters. The van der Waals surface area contributed by atoms with Crippen molar-refractivity contribution in [1.29, 1.82) is 0 Å². The highest BCUT2D eigenvalue weighted by Crippen LogP contribution is 2.54. The van der Waals surface area contributed by atoms with E-state index < -0.39 is 0 Å². The summed E-state index contributed by atoms with van der Waals surface area (Å²) in [7, 11) is 2.16. The Hall–Kier alpha value is -3.39. The smallest absolute Gasteiger partial charge is 0.228 e. The maximum Gasteiger partial charge on any atom is 0.228 e. The minimum absolute atomic E-state index is 0.0398. The number of hydrogen-bond acceptors (Lipinski definition) is 1. The molecule has 0 aliphatic carbocycles. The first-order valence-corrected chi connectivity index (χ1v) is 12.6. The molecule has 1 aromatic heterocycles. The minimum atomic E-state index is -0.0746. The Bertz CT molecular complexity index is 1690. The van der Waals surface area contributed by atoms with E-state index in [4.69, 9.17) is 4.74 Å². The Kier molecular flexibility index (Phi) is 4.46. The molecule has 1 aliphatic rings. The molecule has 0 bridgehead atoms. The third-order valence-corrected chi connectivity index (χ3v) is 7.68. The van der Waals surface area contributed by atoms with Gasteiger partial charge in [-0.05, 0) is 56.5 Å². The predicted molar refractivity (Wildman–Crippen MR) is 148 cm³/mol. The molecule has 0 N–H and O–H groups in total. The molecule has 2 nitrogen and oxygen atoms in total. The Morgan fingerprint density at radius 1 is 0.714 bits per heavy atom. The van der Waals surface area contributed by atoms with Crippen LogP contribution in [0.1, 0.15) is 58.2 Å². The van der Waals surface area contributed by atoms with Crippen molar-refractivity contribution < 1.29 is 9.30 Å². The van der Waals surface area contributed by atoms with Gasteiger partial charge in [0.15, 0.2) is 6.20 Å². The first-order valence-electron chi connectivity index (χ1n) is 12.6. The molecular weight excluding hydrogens is 426 g/mol. The zero-order valence-electron chi connectivity index (χ0n) is 22.1. The third kappa shape index (κ3) is 3.05. The van der Waals surface area contributed by atoms with E-state index in [0.29, 0.717) is 0 Å². The summed E-state index contributed by atoms with van der Waals surface area (Å²) in [5, 5.41) is 7.62. The van der Waals surface area contributed by atoms with Gasteiger partial charge in [0.1, 0.15) is 18.5 Å². The van der Waals surface area contributed by atoms with E-state index in [-0.39, 0.29) is 10.8 Å². The highest BCUT2D eigenvalue weighted by atomic mass is 16.5. The molecule has 0 amide bonds. The zero-order valence-corrected chi connectivity index (χ0v) is 22.1. The zero-order chi connectivity index (χ0) is 24.9. The van der Waals surface area contributed by atoms with E-state index in [9.17, 15) is 0 Å². The molecule has 0 radical (unpaired) electrons. The Morgan fingerprint density at radius 3 is 2.09 bits per heavy atom. The lowest BCUT2D eigenvalue weighted by atomic mass is 9.78. The van der Waals surface area contributed by atoms with Crippen molar-refractivity contribution in [1.82, 2.24) is 0 Å². The summed E-state index contributed by atoms with van der Waals surface area (Å²) < 4.78 is 9.29. The molecule has 2 heterocycles. The number of hydrogen-bond donors (Lipinski definition) is 0. The quantitative estimate of drug-likeness (QED) is 0.163. The van der Waals surface area contributed by atoms with Crippen LogP contribution < -0.4 is 9.30 Å². The number of rotatable bonds is 0. The number of benzene rings is 4. The number of fused-ring (bicyclic) bond motifs is 5. The number of nitrogens with zero attached hydrogens (tertiary/aromatic N) is 1. The average molecular weight is 461 g/mol. The molecule has 0 saturated heterocycles. The van der Waals surface area contributed by atoms with Crippen molar-refractivity contribution in [3.05, 3.63) is 77.5 Å². The van der Waals surface area contributed by atoms with Gasteiger partial charge in [-0.1, -0.05) is 84.0 Å². The molecule has 0 fully saturated rings. The van der Waals surface area contributed by atoms with Crippen LogP contribution in [0.3, 0.4) is 0 Å². The Labute approximate surface area is 208 Å². The van der Waals surface area contributed by atoms with Crippen LogP contribution in [0.15, 0.2) is 60.8 Å². The van der Waals surface area contributed by atoms with Gasteiger partial charge in [-0.25, -0.2) is 4.57 Å². The van der Waals surface area contributed by atoms with Gasteiger partial charge in [0, 0.05) is 17.0 Å². The molecule has 0 spiro atoms. The van der Waals surface area contributed by atoms with Gasteiger partial charge in [-0.2, -0.15) is 0 Å². The highest BCUT2D eigenvalue weighted by Gasteiger charge is 2.36. The predicted octanol–water partition coefficient (Wildman–Crippen LogP) is 8.65. The molecular formula is C33H34NO+. The largest absolute Gasteiger partial charge is 0.455 e. The first-order chi connectivity index (χ1) is 16.5. The summed E-state index contributed by atoms with van der Waals surface area (Å²) in [6.45, 7) is 16.0. The second kappa shape index (κ2) is 7.07. The fourth-order valence-corrected chi connectivity index (χ4v) is 6.14. The topological polar surface area (TPSA) is 13.1 Å². The van der Waals surface area contributed by atoms with Crippen LogP contribution in [0.25, 0.3) is 43.6 Å². The second-order valence-electron chi connectivity index (χ2n) is 12.2. The highest BCUT2D eigenvalue weighted by molar-refractivity contribution is 6.17. The fourth-order valence-electron chi connectivity index (χ4n) is 6.14. The van der Waals surface area contributed by atoms with E-state index >= 15 is 0 Å². The van der Waals surface area contributed by atoms with E-state index in [1.54, 1.807) is 0 Å². The molecule has 1 aliphatic heterocycles. The molecule has 5 aromatic rings. The maximum absolute atomic E-state index is 7.01. The van der Waals surface area contributed by atoms with Crippen molar-refractivity contribution in [3.8, 4) is 22.8 Å². The molecule has 176 valence electrons. The van der Waals surface area contributed by atoms with Crippen LogP contribution in [0, 0.1) is 6.92 Å². The summed E-state index contributed by atoms with van der Waals surface area (Å²) >= 11 is 0. The van der Waals surface area contributed by atoms with Crippen LogP contribution in [-0.2, 0) is 17.9 Å². The SMILES string of the molecule is Cc1c2c(c(C(C)(C)C)c3ccccc13)Oc1cc3c(C(C)(C)C)cccc3c3cc[n+](C)c-2c13. The lowest BCUT2D eigenvalue weighted by Crippen LogP contribution is -2.32. The van der Waals surface area contributed by atoms with Gasteiger partial charge in [0.25, 0.3) is 0 Å². The first kappa shape index (κ1) is 22.1. The van der Waals surface area contributed by atoms with Gasteiger partial charge in [0.05, 0.1) is 10.9 Å². The number of ether oxygens (including phenoxy) is 1. The molecule has 2 heteroatoms. The number of aryl methyl sites for hydroxylation is 2. The van der Waals surface area contributed by atoms with Crippen LogP contribution >= 0.6 is 0 Å². The summed E-state index contributed by atoms with van der Waals surface area (Å²) in [6.07, 6.45) is 2.21. The van der Waals surface area contributed by atoms with Gasteiger partial charge in [-0.15, -0.1) is 0 Å². The monoisotopic (exact) mass is 460 g/mol. The maximum atomic E-state index is 7.01.